The van der Waals surface area contributed by atoms with Crippen LogP contribution in [0.1, 0.15) is 17.6 Å². The Balaban J connectivity index is 2.42. The molecule has 0 bridgehead atoms. The number of fused-ring (bicyclic) bond motifs is 1. The molecule has 2 aromatic rings. The third-order valence-electron chi connectivity index (χ3n) is 1.66. The summed E-state index contributed by atoms with van der Waals surface area (Å²) in [5.74, 6) is -0.649. The first-order chi connectivity index (χ1) is 7.20. The van der Waals surface area contributed by atoms with E-state index < -0.39 is 5.97 Å². The van der Waals surface area contributed by atoms with Crippen LogP contribution < -0.4 is 0 Å². The molecule has 2 rings (SSSR count). The molecule has 0 saturated carbocycles. The van der Waals surface area contributed by atoms with Crippen LogP contribution in [0, 0.1) is 0 Å². The number of hydrogen-bond acceptors (Lipinski definition) is 5. The minimum Gasteiger partial charge on any atom is -0.459 e. The molecular formula is C9H7BrN2O3. The highest BCUT2D eigenvalue weighted by atomic mass is 79.9. The summed E-state index contributed by atoms with van der Waals surface area (Å²) in [6.45, 7) is 2.00. The lowest BCUT2D eigenvalue weighted by Crippen LogP contribution is -2.04. The van der Waals surface area contributed by atoms with Crippen molar-refractivity contribution in [3.8, 4) is 0 Å². The molecule has 0 aromatic carbocycles. The summed E-state index contributed by atoms with van der Waals surface area (Å²) < 4.78 is 10.7. The molecule has 0 amide bonds. The Kier molecular flexibility index (Phi) is 2.68. The molecule has 0 aliphatic rings. The van der Waals surface area contributed by atoms with Crippen LogP contribution in [0.4, 0.5) is 0 Å². The Labute approximate surface area is 93.6 Å². The highest BCUT2D eigenvalue weighted by Gasteiger charge is 2.15. The van der Waals surface area contributed by atoms with Crippen LogP contribution in [0.3, 0.4) is 0 Å². The van der Waals surface area contributed by atoms with Gasteiger partial charge in [-0.15, -0.1) is 0 Å². The maximum atomic E-state index is 11.3. The van der Waals surface area contributed by atoms with E-state index in [1.54, 1.807) is 19.2 Å². The fraction of sp³-hybridized carbons (Fsp3) is 0.222. The maximum absolute atomic E-state index is 11.3. The number of ether oxygens (including phenoxy) is 1. The van der Waals surface area contributed by atoms with Gasteiger partial charge in [0.2, 0.25) is 0 Å². The summed E-state index contributed by atoms with van der Waals surface area (Å²) in [5, 5.41) is 0. The molecule has 0 radical (unpaired) electrons. The number of halogens is 1. The molecular weight excluding hydrogens is 264 g/mol. The zero-order chi connectivity index (χ0) is 10.8. The summed E-state index contributed by atoms with van der Waals surface area (Å²) in [6.07, 6.45) is 1.58. The van der Waals surface area contributed by atoms with Crippen LogP contribution in [0.5, 0.6) is 0 Å². The van der Waals surface area contributed by atoms with E-state index in [0.717, 1.165) is 4.47 Å². The largest absolute Gasteiger partial charge is 0.459 e. The highest BCUT2D eigenvalue weighted by molar-refractivity contribution is 9.10. The van der Waals surface area contributed by atoms with Gasteiger partial charge in [0.25, 0.3) is 0 Å². The topological polar surface area (TPSA) is 65.2 Å². The Morgan fingerprint density at radius 3 is 3.20 bits per heavy atom. The second-order valence-electron chi connectivity index (χ2n) is 2.71. The number of nitrogens with zero attached hydrogens (tertiary/aromatic N) is 2. The van der Waals surface area contributed by atoms with E-state index in [1.165, 1.54) is 0 Å². The minimum atomic E-state index is -0.577. The molecule has 0 spiro atoms. The third kappa shape index (κ3) is 1.99. The van der Waals surface area contributed by atoms with Crippen molar-refractivity contribution in [1.29, 1.82) is 0 Å². The van der Waals surface area contributed by atoms with Gasteiger partial charge in [-0.1, -0.05) is 0 Å². The van der Waals surface area contributed by atoms with Crippen LogP contribution in [-0.4, -0.2) is 22.5 Å². The van der Waals surface area contributed by atoms with Gasteiger partial charge >= 0.3 is 11.9 Å². The summed E-state index contributed by atoms with van der Waals surface area (Å²) in [4.78, 5) is 19.2. The molecule has 2 aromatic heterocycles. The van der Waals surface area contributed by atoms with Crippen molar-refractivity contribution in [2.24, 2.45) is 0 Å². The van der Waals surface area contributed by atoms with Crippen molar-refractivity contribution >= 4 is 33.1 Å². The number of carbonyl (C=O) groups excluding carboxylic acids is 1. The number of rotatable bonds is 2. The van der Waals surface area contributed by atoms with Gasteiger partial charge in [0, 0.05) is 16.7 Å². The van der Waals surface area contributed by atoms with Gasteiger partial charge in [0.1, 0.15) is 0 Å². The van der Waals surface area contributed by atoms with Crippen LogP contribution in [0.2, 0.25) is 0 Å². The number of oxazole rings is 1. The standard InChI is InChI=1S/C9H7BrN2O3/c1-2-14-9(13)8-12-7-6(15-8)3-5(10)4-11-7/h3-4H,2H2,1H3. The van der Waals surface area contributed by atoms with Crippen molar-refractivity contribution in [3.05, 3.63) is 22.6 Å². The van der Waals surface area contributed by atoms with Crippen molar-refractivity contribution in [2.75, 3.05) is 6.61 Å². The minimum absolute atomic E-state index is 0.0718. The van der Waals surface area contributed by atoms with Gasteiger partial charge in [-0.2, -0.15) is 4.98 Å². The Hall–Kier alpha value is -1.43. The molecule has 78 valence electrons. The van der Waals surface area contributed by atoms with Crippen LogP contribution in [-0.2, 0) is 4.74 Å². The molecule has 6 heteroatoms. The zero-order valence-corrected chi connectivity index (χ0v) is 9.44. The third-order valence-corrected chi connectivity index (χ3v) is 2.10. The average molecular weight is 271 g/mol. The van der Waals surface area contributed by atoms with Crippen LogP contribution >= 0.6 is 15.9 Å². The van der Waals surface area contributed by atoms with Crippen molar-refractivity contribution in [3.63, 3.8) is 0 Å². The monoisotopic (exact) mass is 270 g/mol. The molecule has 15 heavy (non-hydrogen) atoms. The van der Waals surface area contributed by atoms with E-state index in [2.05, 4.69) is 25.9 Å². The van der Waals surface area contributed by atoms with Crippen molar-refractivity contribution in [1.82, 2.24) is 9.97 Å². The predicted octanol–water partition coefficient (Wildman–Crippen LogP) is 2.16. The molecule has 5 nitrogen and oxygen atoms in total. The van der Waals surface area contributed by atoms with Crippen LogP contribution in [0.15, 0.2) is 21.2 Å². The van der Waals surface area contributed by atoms with Gasteiger partial charge < -0.3 is 9.15 Å². The first kappa shape index (κ1) is 10.1. The van der Waals surface area contributed by atoms with E-state index >= 15 is 0 Å². The summed E-state index contributed by atoms with van der Waals surface area (Å²) in [5.41, 5.74) is 0.841. The maximum Gasteiger partial charge on any atom is 0.394 e. The Morgan fingerprint density at radius 1 is 1.67 bits per heavy atom. The second-order valence-corrected chi connectivity index (χ2v) is 3.63. The first-order valence-corrected chi connectivity index (χ1v) is 5.09. The Bertz CT molecular complexity index is 509. The normalized spacial score (nSPS) is 10.5. The van der Waals surface area contributed by atoms with Gasteiger partial charge in [0.15, 0.2) is 11.2 Å². The van der Waals surface area contributed by atoms with Gasteiger partial charge in [-0.05, 0) is 22.9 Å². The van der Waals surface area contributed by atoms with Gasteiger partial charge in [-0.25, -0.2) is 9.78 Å². The summed E-state index contributed by atoms with van der Waals surface area (Å²) in [6, 6.07) is 1.69. The molecule has 0 fully saturated rings. The number of esters is 1. The molecule has 0 unspecified atom stereocenters. The fourth-order valence-electron chi connectivity index (χ4n) is 1.08. The summed E-state index contributed by atoms with van der Waals surface area (Å²) in [7, 11) is 0. The quantitative estimate of drug-likeness (QED) is 0.783. The van der Waals surface area contributed by atoms with Gasteiger partial charge in [0.05, 0.1) is 6.61 Å². The van der Waals surface area contributed by atoms with Gasteiger partial charge in [-0.3, -0.25) is 0 Å². The first-order valence-electron chi connectivity index (χ1n) is 4.30. The zero-order valence-electron chi connectivity index (χ0n) is 7.86. The van der Waals surface area contributed by atoms with E-state index in [4.69, 9.17) is 9.15 Å². The Morgan fingerprint density at radius 2 is 2.47 bits per heavy atom. The van der Waals surface area contributed by atoms with Crippen molar-refractivity contribution < 1.29 is 13.9 Å². The van der Waals surface area contributed by atoms with E-state index in [-0.39, 0.29) is 12.5 Å². The molecule has 0 N–H and O–H groups in total. The second kappa shape index (κ2) is 3.98. The molecule has 2 heterocycles. The number of pyridine rings is 1. The smallest absolute Gasteiger partial charge is 0.394 e. The number of hydrogen-bond donors (Lipinski definition) is 0. The number of aromatic nitrogens is 2. The van der Waals surface area contributed by atoms with E-state index in [0.29, 0.717) is 11.2 Å². The summed E-state index contributed by atoms with van der Waals surface area (Å²) >= 11 is 3.24. The fourth-order valence-corrected chi connectivity index (χ4v) is 1.39. The SMILES string of the molecule is CCOC(=O)c1nc2ncc(Br)cc2o1. The molecule has 0 atom stereocenters. The predicted molar refractivity (Wildman–Crippen MR) is 55.5 cm³/mol. The van der Waals surface area contributed by atoms with Crippen LogP contribution in [0.25, 0.3) is 11.2 Å². The molecule has 0 aliphatic carbocycles. The average Bonchev–Trinajstić information content (AvgIpc) is 2.60. The number of carbonyl (C=O) groups is 1. The van der Waals surface area contributed by atoms with E-state index in [9.17, 15) is 4.79 Å². The van der Waals surface area contributed by atoms with Crippen molar-refractivity contribution in [2.45, 2.75) is 6.92 Å². The lowest BCUT2D eigenvalue weighted by atomic mass is 10.5. The van der Waals surface area contributed by atoms with E-state index in [1.807, 2.05) is 0 Å². The lowest BCUT2D eigenvalue weighted by molar-refractivity contribution is 0.0483. The lowest BCUT2D eigenvalue weighted by Gasteiger charge is -1.93. The highest BCUT2D eigenvalue weighted by Crippen LogP contribution is 2.18. The molecule has 0 saturated heterocycles. The molecule has 0 aliphatic heterocycles.